The van der Waals surface area contributed by atoms with E-state index in [0.29, 0.717) is 27.4 Å². The minimum absolute atomic E-state index is 0.309. The Morgan fingerprint density at radius 2 is 1.83 bits per heavy atom. The third-order valence-electron chi connectivity index (χ3n) is 4.22. The molecule has 4 aromatic rings. The molecule has 0 saturated carbocycles. The standard InChI is InChI=1S/C20H20N6O2S2/c1-3-17-9-10-20(29-17)30(27,28)25-16-7-5-15(6-8-16)24-18-13-19(23-14(2)22-18)26-12-4-11-21-26/h4-13,25H,3H2,1-2H3,(H,22,23,24). The summed E-state index contributed by atoms with van der Waals surface area (Å²) in [5.74, 6) is 1.88. The van der Waals surface area contributed by atoms with E-state index in [2.05, 4.69) is 25.1 Å². The third kappa shape index (κ3) is 4.50. The van der Waals surface area contributed by atoms with Crippen LogP contribution in [0, 0.1) is 6.92 Å². The highest BCUT2D eigenvalue weighted by Crippen LogP contribution is 2.25. The van der Waals surface area contributed by atoms with Crippen molar-refractivity contribution < 1.29 is 8.42 Å². The number of rotatable bonds is 7. The van der Waals surface area contributed by atoms with Gasteiger partial charge in [0.05, 0.1) is 0 Å². The highest BCUT2D eigenvalue weighted by Gasteiger charge is 2.16. The number of hydrogen-bond acceptors (Lipinski definition) is 7. The minimum atomic E-state index is -3.59. The van der Waals surface area contributed by atoms with E-state index in [0.717, 1.165) is 17.0 Å². The number of anilines is 3. The molecule has 10 heteroatoms. The van der Waals surface area contributed by atoms with Crippen LogP contribution in [-0.4, -0.2) is 28.2 Å². The summed E-state index contributed by atoms with van der Waals surface area (Å²) >= 11 is 1.28. The Hall–Kier alpha value is -3.24. The zero-order valence-corrected chi connectivity index (χ0v) is 18.0. The summed E-state index contributed by atoms with van der Waals surface area (Å²) in [5, 5.41) is 7.40. The number of hydrogen-bond donors (Lipinski definition) is 2. The largest absolute Gasteiger partial charge is 0.340 e. The van der Waals surface area contributed by atoms with Crippen LogP contribution in [0.25, 0.3) is 5.82 Å². The number of sulfonamides is 1. The summed E-state index contributed by atoms with van der Waals surface area (Å²) in [5.41, 5.74) is 1.26. The SMILES string of the molecule is CCc1ccc(S(=O)(=O)Nc2ccc(Nc3cc(-n4cccn4)nc(C)n3)cc2)s1. The molecule has 0 amide bonds. The Bertz CT molecular complexity index is 1250. The number of thiophene rings is 1. The Balaban J connectivity index is 1.49. The van der Waals surface area contributed by atoms with Gasteiger partial charge in [-0.3, -0.25) is 4.72 Å². The van der Waals surface area contributed by atoms with Crippen LogP contribution in [-0.2, 0) is 16.4 Å². The van der Waals surface area contributed by atoms with Crippen LogP contribution in [0.15, 0.2) is 65.1 Å². The molecular formula is C20H20N6O2S2. The molecule has 0 aliphatic carbocycles. The zero-order chi connectivity index (χ0) is 21.1. The van der Waals surface area contributed by atoms with Crippen molar-refractivity contribution in [1.29, 1.82) is 0 Å². The molecule has 2 N–H and O–H groups in total. The van der Waals surface area contributed by atoms with Gasteiger partial charge in [0.25, 0.3) is 10.0 Å². The maximum Gasteiger partial charge on any atom is 0.271 e. The summed E-state index contributed by atoms with van der Waals surface area (Å²) in [6.07, 6.45) is 4.30. The number of benzene rings is 1. The molecule has 0 unspecified atom stereocenters. The van der Waals surface area contributed by atoms with Crippen LogP contribution < -0.4 is 10.0 Å². The molecule has 8 nitrogen and oxygen atoms in total. The van der Waals surface area contributed by atoms with Gasteiger partial charge >= 0.3 is 0 Å². The van der Waals surface area contributed by atoms with Crippen LogP contribution in [0.3, 0.4) is 0 Å². The quantitative estimate of drug-likeness (QED) is 0.448. The minimum Gasteiger partial charge on any atom is -0.340 e. The maximum atomic E-state index is 12.6. The Kier molecular flexibility index (Phi) is 5.51. The van der Waals surface area contributed by atoms with E-state index in [1.807, 2.05) is 32.2 Å². The van der Waals surface area contributed by atoms with Crippen LogP contribution in [0.4, 0.5) is 17.2 Å². The van der Waals surface area contributed by atoms with Gasteiger partial charge in [-0.05, 0) is 55.8 Å². The normalized spacial score (nSPS) is 11.4. The highest BCUT2D eigenvalue weighted by atomic mass is 32.2. The van der Waals surface area contributed by atoms with Crippen LogP contribution in [0.1, 0.15) is 17.6 Å². The molecule has 0 spiro atoms. The molecule has 4 rings (SSSR count). The van der Waals surface area contributed by atoms with Crippen molar-refractivity contribution >= 4 is 38.6 Å². The number of aromatic nitrogens is 4. The summed E-state index contributed by atoms with van der Waals surface area (Å²) in [4.78, 5) is 9.81. The molecule has 0 aliphatic heterocycles. The smallest absolute Gasteiger partial charge is 0.271 e. The van der Waals surface area contributed by atoms with Crippen molar-refractivity contribution in [2.24, 2.45) is 0 Å². The van der Waals surface area contributed by atoms with E-state index < -0.39 is 10.0 Å². The monoisotopic (exact) mass is 440 g/mol. The lowest BCUT2D eigenvalue weighted by molar-refractivity contribution is 0.603. The van der Waals surface area contributed by atoms with Gasteiger partial charge in [-0.1, -0.05) is 6.92 Å². The summed E-state index contributed by atoms with van der Waals surface area (Å²) in [7, 11) is -3.59. The molecule has 1 aromatic carbocycles. The Morgan fingerprint density at radius 1 is 1.07 bits per heavy atom. The number of nitrogens with one attached hydrogen (secondary N) is 2. The molecule has 0 fully saturated rings. The van der Waals surface area contributed by atoms with Gasteiger partial charge < -0.3 is 5.32 Å². The van der Waals surface area contributed by atoms with E-state index in [1.165, 1.54) is 11.3 Å². The predicted molar refractivity (Wildman–Crippen MR) is 118 cm³/mol. The van der Waals surface area contributed by atoms with Crippen molar-refractivity contribution in [3.8, 4) is 5.82 Å². The second-order valence-electron chi connectivity index (χ2n) is 6.49. The van der Waals surface area contributed by atoms with Gasteiger partial charge in [0, 0.05) is 34.7 Å². The third-order valence-corrected chi connectivity index (χ3v) is 7.33. The van der Waals surface area contributed by atoms with Gasteiger partial charge in [0.1, 0.15) is 15.9 Å². The molecule has 0 saturated heterocycles. The van der Waals surface area contributed by atoms with Crippen molar-refractivity contribution in [1.82, 2.24) is 19.7 Å². The molecule has 0 bridgehead atoms. The van der Waals surface area contributed by atoms with Crippen molar-refractivity contribution in [2.75, 3.05) is 10.0 Å². The van der Waals surface area contributed by atoms with Gasteiger partial charge in [-0.2, -0.15) is 5.10 Å². The van der Waals surface area contributed by atoms with Crippen molar-refractivity contribution in [2.45, 2.75) is 24.5 Å². The molecule has 3 heterocycles. The van der Waals surface area contributed by atoms with Gasteiger partial charge in [-0.25, -0.2) is 23.1 Å². The topological polar surface area (TPSA) is 102 Å². The highest BCUT2D eigenvalue weighted by molar-refractivity contribution is 7.94. The van der Waals surface area contributed by atoms with Gasteiger partial charge in [-0.15, -0.1) is 11.3 Å². The first-order valence-electron chi connectivity index (χ1n) is 9.27. The Morgan fingerprint density at radius 3 is 2.50 bits per heavy atom. The molecule has 154 valence electrons. The Labute approximate surface area is 178 Å². The number of aryl methyl sites for hydroxylation is 2. The zero-order valence-electron chi connectivity index (χ0n) is 16.4. The van der Waals surface area contributed by atoms with Gasteiger partial charge in [0.2, 0.25) is 0 Å². The van der Waals surface area contributed by atoms with Crippen LogP contribution in [0.5, 0.6) is 0 Å². The first-order valence-corrected chi connectivity index (χ1v) is 11.6. The summed E-state index contributed by atoms with van der Waals surface area (Å²) in [6.45, 7) is 3.81. The van der Waals surface area contributed by atoms with Gasteiger partial charge in [0.15, 0.2) is 5.82 Å². The lowest BCUT2D eigenvalue weighted by atomic mass is 10.3. The number of nitrogens with zero attached hydrogens (tertiary/aromatic N) is 4. The fourth-order valence-corrected chi connectivity index (χ4v) is 5.16. The van der Waals surface area contributed by atoms with E-state index in [-0.39, 0.29) is 0 Å². The predicted octanol–water partition coefficient (Wildman–Crippen LogP) is 4.14. The fraction of sp³-hybridized carbons (Fsp3) is 0.150. The molecular weight excluding hydrogens is 420 g/mol. The molecule has 0 atom stereocenters. The van der Waals surface area contributed by atoms with E-state index in [1.54, 1.807) is 47.3 Å². The second-order valence-corrected chi connectivity index (χ2v) is 9.57. The first-order chi connectivity index (χ1) is 14.4. The summed E-state index contributed by atoms with van der Waals surface area (Å²) in [6, 6.07) is 14.1. The van der Waals surface area contributed by atoms with Crippen LogP contribution in [0.2, 0.25) is 0 Å². The lowest BCUT2D eigenvalue weighted by Crippen LogP contribution is -2.11. The molecule has 0 aliphatic rings. The second kappa shape index (κ2) is 8.25. The average Bonchev–Trinajstić information content (AvgIpc) is 3.41. The van der Waals surface area contributed by atoms with E-state index in [4.69, 9.17) is 0 Å². The fourth-order valence-electron chi connectivity index (χ4n) is 2.81. The molecule has 3 aromatic heterocycles. The average molecular weight is 441 g/mol. The first kappa shape index (κ1) is 20.0. The van der Waals surface area contributed by atoms with Crippen LogP contribution >= 0.6 is 11.3 Å². The maximum absolute atomic E-state index is 12.6. The molecule has 30 heavy (non-hydrogen) atoms. The lowest BCUT2D eigenvalue weighted by Gasteiger charge is -2.10. The summed E-state index contributed by atoms with van der Waals surface area (Å²) < 4.78 is 29.7. The van der Waals surface area contributed by atoms with E-state index >= 15 is 0 Å². The molecule has 0 radical (unpaired) electrons. The van der Waals surface area contributed by atoms with E-state index in [9.17, 15) is 8.42 Å². The van der Waals surface area contributed by atoms with Crippen molar-refractivity contribution in [3.63, 3.8) is 0 Å². The van der Waals surface area contributed by atoms with Crippen molar-refractivity contribution in [3.05, 3.63) is 71.6 Å².